The van der Waals surface area contributed by atoms with Crippen LogP contribution in [0.2, 0.25) is 0 Å². The molecule has 0 aliphatic heterocycles. The number of nitrogens with two attached hydrogens (primary N) is 1. The minimum atomic E-state index is -1.13. The minimum Gasteiger partial charge on any atom is -0.478 e. The van der Waals surface area contributed by atoms with Crippen LogP contribution in [-0.4, -0.2) is 41.5 Å². The molecule has 19 heavy (non-hydrogen) atoms. The number of urea groups is 1. The maximum Gasteiger partial charge on any atom is 0.338 e. The number of carbonyl (C=O) groups excluding carboxylic acids is 2. The van der Waals surface area contributed by atoms with E-state index in [1.165, 1.54) is 13.1 Å². The Morgan fingerprint density at radius 1 is 1.37 bits per heavy atom. The first-order valence-corrected chi connectivity index (χ1v) is 5.46. The van der Waals surface area contributed by atoms with Crippen molar-refractivity contribution in [2.45, 2.75) is 6.92 Å². The van der Waals surface area contributed by atoms with Crippen LogP contribution in [0.5, 0.6) is 0 Å². The highest BCUT2D eigenvalue weighted by Crippen LogP contribution is 2.19. The number of rotatable bonds is 4. The van der Waals surface area contributed by atoms with Gasteiger partial charge in [0.25, 0.3) is 0 Å². The number of carboxylic acid groups (broad SMARTS) is 1. The molecule has 0 aliphatic rings. The largest absolute Gasteiger partial charge is 0.478 e. The smallest absolute Gasteiger partial charge is 0.338 e. The predicted octanol–water partition coefficient (Wildman–Crippen LogP) is 0.642. The van der Waals surface area contributed by atoms with Crippen molar-refractivity contribution in [1.82, 2.24) is 4.90 Å². The molecular weight excluding hydrogens is 250 g/mol. The summed E-state index contributed by atoms with van der Waals surface area (Å²) in [5, 5.41) is 11.5. The van der Waals surface area contributed by atoms with Gasteiger partial charge in [-0.15, -0.1) is 0 Å². The molecule has 102 valence electrons. The van der Waals surface area contributed by atoms with Crippen molar-refractivity contribution in [3.8, 4) is 0 Å². The highest BCUT2D eigenvalue weighted by molar-refractivity contribution is 6.01. The quantitative estimate of drug-likeness (QED) is 0.741. The van der Waals surface area contributed by atoms with Crippen molar-refractivity contribution in [3.63, 3.8) is 0 Å². The SMILES string of the molecule is Cc1cccc(NC(=O)N(C)CC(N)=O)c1C(=O)O. The van der Waals surface area contributed by atoms with Crippen molar-refractivity contribution in [2.24, 2.45) is 5.73 Å². The number of nitrogens with zero attached hydrogens (tertiary/aromatic N) is 1. The van der Waals surface area contributed by atoms with Gasteiger partial charge in [0.15, 0.2) is 0 Å². The van der Waals surface area contributed by atoms with E-state index in [-0.39, 0.29) is 17.8 Å². The molecule has 0 unspecified atom stereocenters. The zero-order valence-corrected chi connectivity index (χ0v) is 10.6. The molecule has 7 heteroatoms. The van der Waals surface area contributed by atoms with E-state index >= 15 is 0 Å². The number of anilines is 1. The molecule has 0 aromatic heterocycles. The molecule has 0 saturated heterocycles. The van der Waals surface area contributed by atoms with E-state index in [2.05, 4.69) is 5.32 Å². The number of primary amides is 1. The number of carboxylic acids is 1. The Balaban J connectivity index is 2.94. The second kappa shape index (κ2) is 5.85. The van der Waals surface area contributed by atoms with Gasteiger partial charge in [-0.3, -0.25) is 4.79 Å². The summed E-state index contributed by atoms with van der Waals surface area (Å²) < 4.78 is 0. The third kappa shape index (κ3) is 3.70. The fourth-order valence-electron chi connectivity index (χ4n) is 1.57. The fraction of sp³-hybridized carbons (Fsp3) is 0.250. The minimum absolute atomic E-state index is 0.0170. The zero-order chi connectivity index (χ0) is 14.6. The van der Waals surface area contributed by atoms with E-state index < -0.39 is 17.9 Å². The molecule has 0 saturated carbocycles. The second-order valence-electron chi connectivity index (χ2n) is 4.06. The third-order valence-corrected chi connectivity index (χ3v) is 2.47. The fourth-order valence-corrected chi connectivity index (χ4v) is 1.57. The van der Waals surface area contributed by atoms with Gasteiger partial charge >= 0.3 is 12.0 Å². The molecule has 0 aliphatic carbocycles. The zero-order valence-electron chi connectivity index (χ0n) is 10.6. The summed E-state index contributed by atoms with van der Waals surface area (Å²) >= 11 is 0. The van der Waals surface area contributed by atoms with Crippen molar-refractivity contribution in [2.75, 3.05) is 18.9 Å². The van der Waals surface area contributed by atoms with Gasteiger partial charge in [0.05, 0.1) is 11.3 Å². The third-order valence-electron chi connectivity index (χ3n) is 2.47. The summed E-state index contributed by atoms with van der Waals surface area (Å²) in [4.78, 5) is 34.6. The number of carbonyl (C=O) groups is 3. The van der Waals surface area contributed by atoms with Gasteiger partial charge in [-0.2, -0.15) is 0 Å². The van der Waals surface area contributed by atoms with Gasteiger partial charge in [0.1, 0.15) is 6.54 Å². The van der Waals surface area contributed by atoms with Crippen LogP contribution in [0.25, 0.3) is 0 Å². The Hall–Kier alpha value is -2.57. The molecule has 0 fully saturated rings. The van der Waals surface area contributed by atoms with Crippen LogP contribution in [0.3, 0.4) is 0 Å². The molecule has 1 rings (SSSR count). The maximum absolute atomic E-state index is 11.7. The lowest BCUT2D eigenvalue weighted by molar-refractivity contribution is -0.118. The van der Waals surface area contributed by atoms with Crippen LogP contribution < -0.4 is 11.1 Å². The van der Waals surface area contributed by atoms with E-state index in [1.54, 1.807) is 19.1 Å². The van der Waals surface area contributed by atoms with Crippen molar-refractivity contribution in [1.29, 1.82) is 0 Å². The number of likely N-dealkylation sites (N-methyl/N-ethyl adjacent to an activating group) is 1. The van der Waals surface area contributed by atoms with E-state index in [9.17, 15) is 14.4 Å². The van der Waals surface area contributed by atoms with Crippen LogP contribution in [0, 0.1) is 6.92 Å². The van der Waals surface area contributed by atoms with Gasteiger partial charge in [-0.25, -0.2) is 9.59 Å². The number of aryl methyl sites for hydroxylation is 1. The lowest BCUT2D eigenvalue weighted by Crippen LogP contribution is -2.38. The first-order chi connectivity index (χ1) is 8.82. The number of benzene rings is 1. The number of aromatic carboxylic acids is 1. The van der Waals surface area contributed by atoms with E-state index in [4.69, 9.17) is 10.8 Å². The average molecular weight is 265 g/mol. The monoisotopic (exact) mass is 265 g/mol. The Kier molecular flexibility index (Phi) is 4.46. The van der Waals surface area contributed by atoms with E-state index in [0.717, 1.165) is 4.90 Å². The summed E-state index contributed by atoms with van der Waals surface area (Å²) in [6.45, 7) is 1.38. The Morgan fingerprint density at radius 2 is 2.00 bits per heavy atom. The number of hydrogen-bond acceptors (Lipinski definition) is 3. The number of hydrogen-bond donors (Lipinski definition) is 3. The molecule has 1 aromatic carbocycles. The highest BCUT2D eigenvalue weighted by Gasteiger charge is 2.17. The molecular formula is C12H15N3O4. The lowest BCUT2D eigenvalue weighted by Gasteiger charge is -2.17. The van der Waals surface area contributed by atoms with Gasteiger partial charge < -0.3 is 21.1 Å². The average Bonchev–Trinajstić information content (AvgIpc) is 2.27. The molecule has 0 radical (unpaired) electrons. The summed E-state index contributed by atoms with van der Waals surface area (Å²) in [5.74, 6) is -1.79. The van der Waals surface area contributed by atoms with E-state index in [0.29, 0.717) is 5.56 Å². The molecule has 7 nitrogen and oxygen atoms in total. The van der Waals surface area contributed by atoms with Gasteiger partial charge in [0.2, 0.25) is 5.91 Å². The van der Waals surface area contributed by atoms with Crippen molar-refractivity contribution in [3.05, 3.63) is 29.3 Å². The topological polar surface area (TPSA) is 113 Å². The first kappa shape index (κ1) is 14.5. The van der Waals surface area contributed by atoms with Gasteiger partial charge in [-0.05, 0) is 18.6 Å². The van der Waals surface area contributed by atoms with Crippen LogP contribution in [0.4, 0.5) is 10.5 Å². The van der Waals surface area contributed by atoms with Crippen molar-refractivity contribution >= 4 is 23.6 Å². The molecule has 0 heterocycles. The summed E-state index contributed by atoms with van der Waals surface area (Å²) in [7, 11) is 1.39. The molecule has 4 N–H and O–H groups in total. The van der Waals surface area contributed by atoms with E-state index in [1.807, 2.05) is 0 Å². The Bertz CT molecular complexity index is 528. The maximum atomic E-state index is 11.7. The summed E-state index contributed by atoms with van der Waals surface area (Å²) in [6.07, 6.45) is 0. The molecule has 1 aromatic rings. The highest BCUT2D eigenvalue weighted by atomic mass is 16.4. The Morgan fingerprint density at radius 3 is 2.53 bits per heavy atom. The number of nitrogens with one attached hydrogen (secondary N) is 1. The molecule has 0 bridgehead atoms. The normalized spacial score (nSPS) is 9.79. The van der Waals surface area contributed by atoms with Crippen molar-refractivity contribution < 1.29 is 19.5 Å². The standard InChI is InChI=1S/C12H15N3O4/c1-7-4-3-5-8(10(7)11(17)18)14-12(19)15(2)6-9(13)16/h3-5H,6H2,1-2H3,(H2,13,16)(H,14,19)(H,17,18). The van der Waals surface area contributed by atoms with Crippen LogP contribution in [0.1, 0.15) is 15.9 Å². The van der Waals surface area contributed by atoms with Gasteiger partial charge in [-0.1, -0.05) is 12.1 Å². The summed E-state index contributed by atoms with van der Waals surface area (Å²) in [5.41, 5.74) is 5.69. The van der Waals surface area contributed by atoms with Gasteiger partial charge in [0, 0.05) is 7.05 Å². The summed E-state index contributed by atoms with van der Waals surface area (Å²) in [6, 6.07) is 4.14. The number of amides is 3. The first-order valence-electron chi connectivity index (χ1n) is 5.46. The molecule has 3 amide bonds. The van der Waals surface area contributed by atoms with Crippen LogP contribution >= 0.6 is 0 Å². The Labute approximate surface area is 110 Å². The van der Waals surface area contributed by atoms with Crippen LogP contribution in [0.15, 0.2) is 18.2 Å². The molecule has 0 atom stereocenters. The van der Waals surface area contributed by atoms with Crippen LogP contribution in [-0.2, 0) is 4.79 Å². The lowest BCUT2D eigenvalue weighted by atomic mass is 10.1. The second-order valence-corrected chi connectivity index (χ2v) is 4.06. The molecule has 0 spiro atoms. The predicted molar refractivity (Wildman–Crippen MR) is 69.0 cm³/mol.